The molecule has 2 N–H and O–H groups in total. The second-order valence-corrected chi connectivity index (χ2v) is 7.12. The van der Waals surface area contributed by atoms with Crippen LogP contribution in [0.5, 0.6) is 0 Å². The van der Waals surface area contributed by atoms with Gasteiger partial charge in [-0.3, -0.25) is 19.7 Å². The Hall–Kier alpha value is -1.90. The number of nitro groups is 1. The number of halogens is 2. The highest BCUT2D eigenvalue weighted by atomic mass is 35.5. The van der Waals surface area contributed by atoms with E-state index in [-0.39, 0.29) is 46.5 Å². The van der Waals surface area contributed by atoms with Crippen LogP contribution in [-0.4, -0.2) is 53.9 Å². The highest BCUT2D eigenvalue weighted by molar-refractivity contribution is 6.34. The van der Waals surface area contributed by atoms with Gasteiger partial charge in [-0.25, -0.2) is 0 Å². The van der Waals surface area contributed by atoms with Gasteiger partial charge < -0.3 is 15.5 Å². The number of hydrogen-bond acceptors (Lipinski definition) is 5. The number of carbonyl (C=O) groups is 2. The van der Waals surface area contributed by atoms with E-state index in [0.717, 1.165) is 25.6 Å². The zero-order valence-electron chi connectivity index (χ0n) is 15.4. The molecule has 1 aliphatic rings. The molecular formula is C17H24Cl2N4O4. The highest BCUT2D eigenvalue weighted by Gasteiger charge is 2.32. The van der Waals surface area contributed by atoms with Crippen LogP contribution < -0.4 is 10.6 Å². The van der Waals surface area contributed by atoms with Crippen LogP contribution in [-0.2, 0) is 4.79 Å². The Balaban J connectivity index is 0.00000364. The van der Waals surface area contributed by atoms with E-state index in [0.29, 0.717) is 0 Å². The summed E-state index contributed by atoms with van der Waals surface area (Å²) in [5.41, 5.74) is -0.0996. The molecule has 1 aromatic carbocycles. The lowest BCUT2D eigenvalue weighted by Gasteiger charge is -2.30. The molecule has 2 unspecified atom stereocenters. The molecule has 0 aromatic heterocycles. The van der Waals surface area contributed by atoms with E-state index in [1.165, 1.54) is 12.1 Å². The molecule has 0 radical (unpaired) electrons. The summed E-state index contributed by atoms with van der Waals surface area (Å²) < 4.78 is 0. The molecule has 2 atom stereocenters. The molecule has 27 heavy (non-hydrogen) atoms. The van der Waals surface area contributed by atoms with E-state index in [9.17, 15) is 19.7 Å². The Morgan fingerprint density at radius 2 is 2.07 bits per heavy atom. The maximum Gasteiger partial charge on any atom is 0.270 e. The lowest BCUT2D eigenvalue weighted by molar-refractivity contribution is -0.384. The van der Waals surface area contributed by atoms with Crippen LogP contribution >= 0.6 is 24.0 Å². The first-order valence-electron chi connectivity index (χ1n) is 8.44. The van der Waals surface area contributed by atoms with Gasteiger partial charge in [-0.05, 0) is 24.9 Å². The number of likely N-dealkylation sites (N-methyl/N-ethyl adjacent to an activating group) is 1. The minimum Gasteiger partial charge on any atom is -0.340 e. The summed E-state index contributed by atoms with van der Waals surface area (Å²) in [6, 6.07) is 3.02. The van der Waals surface area contributed by atoms with Gasteiger partial charge in [0, 0.05) is 31.8 Å². The van der Waals surface area contributed by atoms with Crippen LogP contribution in [0.3, 0.4) is 0 Å². The van der Waals surface area contributed by atoms with Crippen molar-refractivity contribution in [2.75, 3.05) is 20.1 Å². The summed E-state index contributed by atoms with van der Waals surface area (Å²) in [6.45, 7) is 5.29. The minimum absolute atomic E-state index is 0. The Labute approximate surface area is 169 Å². The van der Waals surface area contributed by atoms with Crippen molar-refractivity contribution < 1.29 is 14.5 Å². The summed E-state index contributed by atoms with van der Waals surface area (Å²) >= 11 is 6.01. The smallest absolute Gasteiger partial charge is 0.270 e. The topological polar surface area (TPSA) is 105 Å². The first kappa shape index (κ1) is 23.1. The molecule has 1 aliphatic heterocycles. The van der Waals surface area contributed by atoms with Crippen LogP contribution in [0.25, 0.3) is 0 Å². The van der Waals surface area contributed by atoms with Gasteiger partial charge in [-0.1, -0.05) is 25.4 Å². The van der Waals surface area contributed by atoms with Gasteiger partial charge in [0.2, 0.25) is 5.91 Å². The highest BCUT2D eigenvalue weighted by Crippen LogP contribution is 2.23. The first-order chi connectivity index (χ1) is 12.2. The fourth-order valence-corrected chi connectivity index (χ4v) is 3.16. The second kappa shape index (κ2) is 9.87. The summed E-state index contributed by atoms with van der Waals surface area (Å²) in [4.78, 5) is 37.3. The summed E-state index contributed by atoms with van der Waals surface area (Å²) in [7, 11) is 1.74. The van der Waals surface area contributed by atoms with Crippen molar-refractivity contribution in [1.29, 1.82) is 0 Å². The lowest BCUT2D eigenvalue weighted by Crippen LogP contribution is -2.53. The minimum atomic E-state index is -0.709. The van der Waals surface area contributed by atoms with E-state index >= 15 is 0 Å². The van der Waals surface area contributed by atoms with E-state index in [1.807, 2.05) is 13.8 Å². The van der Waals surface area contributed by atoms with Crippen LogP contribution in [0.4, 0.5) is 5.69 Å². The molecule has 1 heterocycles. The molecule has 150 valence electrons. The fraction of sp³-hybridized carbons (Fsp3) is 0.529. The number of carbonyl (C=O) groups excluding carboxylic acids is 2. The number of nitrogens with one attached hydrogen (secondary N) is 2. The predicted molar refractivity (Wildman–Crippen MR) is 105 cm³/mol. The molecule has 2 rings (SSSR count). The van der Waals surface area contributed by atoms with Gasteiger partial charge in [0.05, 0.1) is 15.5 Å². The monoisotopic (exact) mass is 418 g/mol. The average molecular weight is 419 g/mol. The Morgan fingerprint density at radius 1 is 1.41 bits per heavy atom. The van der Waals surface area contributed by atoms with Crippen LogP contribution in [0.2, 0.25) is 5.02 Å². The van der Waals surface area contributed by atoms with E-state index in [2.05, 4.69) is 10.6 Å². The third-order valence-corrected chi connectivity index (χ3v) is 4.87. The molecule has 0 aliphatic carbocycles. The van der Waals surface area contributed by atoms with Gasteiger partial charge in [0.25, 0.3) is 11.6 Å². The van der Waals surface area contributed by atoms with Crippen LogP contribution in [0.15, 0.2) is 18.2 Å². The Bertz CT molecular complexity index is 708. The van der Waals surface area contributed by atoms with Crippen molar-refractivity contribution in [2.24, 2.45) is 5.92 Å². The van der Waals surface area contributed by atoms with Gasteiger partial charge in [0.15, 0.2) is 0 Å². The van der Waals surface area contributed by atoms with Crippen LogP contribution in [0.1, 0.15) is 30.6 Å². The largest absolute Gasteiger partial charge is 0.340 e. The van der Waals surface area contributed by atoms with E-state index < -0.39 is 16.9 Å². The van der Waals surface area contributed by atoms with Gasteiger partial charge >= 0.3 is 0 Å². The number of nitrogens with zero attached hydrogens (tertiary/aromatic N) is 2. The zero-order valence-corrected chi connectivity index (χ0v) is 17.0. The van der Waals surface area contributed by atoms with Crippen molar-refractivity contribution in [3.05, 3.63) is 38.9 Å². The zero-order chi connectivity index (χ0) is 19.4. The summed E-state index contributed by atoms with van der Waals surface area (Å²) in [6.07, 6.45) is 0.870. The normalized spacial score (nSPS) is 17.1. The van der Waals surface area contributed by atoms with E-state index in [4.69, 9.17) is 11.6 Å². The average Bonchev–Trinajstić information content (AvgIpc) is 3.12. The number of nitro benzene ring substituents is 1. The molecular weight excluding hydrogens is 395 g/mol. The molecule has 0 spiro atoms. The molecule has 1 aromatic rings. The maximum atomic E-state index is 12.8. The van der Waals surface area contributed by atoms with Crippen molar-refractivity contribution in [1.82, 2.24) is 15.5 Å². The lowest BCUT2D eigenvalue weighted by atomic mass is 10.0. The Kier molecular flexibility index (Phi) is 8.46. The molecule has 1 saturated heterocycles. The van der Waals surface area contributed by atoms with Gasteiger partial charge in [-0.15, -0.1) is 12.4 Å². The quantitative estimate of drug-likeness (QED) is 0.544. The first-order valence-corrected chi connectivity index (χ1v) is 8.82. The second-order valence-electron chi connectivity index (χ2n) is 6.71. The standard InChI is InChI=1S/C17H23ClN4O4.ClH/c1-10(2)15(17(24)21(3)12-6-7-19-9-12)20-16(23)13-5-4-11(22(25)26)8-14(13)18;/h4-5,8,10,12,15,19H,6-7,9H2,1-3H3,(H,20,23);1H. The molecule has 2 amide bonds. The third-order valence-electron chi connectivity index (χ3n) is 4.56. The molecule has 0 saturated carbocycles. The number of hydrogen-bond donors (Lipinski definition) is 2. The van der Waals surface area contributed by atoms with Crippen LogP contribution in [0, 0.1) is 16.0 Å². The number of non-ortho nitro benzene ring substituents is 1. The predicted octanol–water partition coefficient (Wildman–Crippen LogP) is 2.24. The van der Waals surface area contributed by atoms with Gasteiger partial charge in [0.1, 0.15) is 6.04 Å². The molecule has 8 nitrogen and oxygen atoms in total. The molecule has 1 fully saturated rings. The summed E-state index contributed by atoms with van der Waals surface area (Å²) in [5, 5.41) is 16.7. The Morgan fingerprint density at radius 3 is 2.56 bits per heavy atom. The number of amides is 2. The summed E-state index contributed by atoms with van der Waals surface area (Å²) in [5.74, 6) is -0.824. The maximum absolute atomic E-state index is 12.8. The van der Waals surface area contributed by atoms with E-state index in [1.54, 1.807) is 11.9 Å². The number of rotatable bonds is 6. The molecule has 0 bridgehead atoms. The van der Waals surface area contributed by atoms with Crippen molar-refractivity contribution in [3.8, 4) is 0 Å². The SMILES string of the molecule is CC(C)C(NC(=O)c1ccc([N+](=O)[O-])cc1Cl)C(=O)N(C)C1CCNC1.Cl. The third kappa shape index (κ3) is 5.54. The van der Waals surface area contributed by atoms with Crippen molar-refractivity contribution in [3.63, 3.8) is 0 Å². The molecule has 10 heteroatoms. The van der Waals surface area contributed by atoms with Crippen molar-refractivity contribution >= 4 is 41.5 Å². The van der Waals surface area contributed by atoms with Gasteiger partial charge in [-0.2, -0.15) is 0 Å². The van der Waals surface area contributed by atoms with Crippen molar-refractivity contribution in [2.45, 2.75) is 32.4 Å². The fourth-order valence-electron chi connectivity index (χ4n) is 2.90. The number of benzene rings is 1.